The lowest BCUT2D eigenvalue weighted by molar-refractivity contribution is -0.133. The number of ether oxygens (including phenoxy) is 2. The van der Waals surface area contributed by atoms with Crippen LogP contribution in [0.3, 0.4) is 0 Å². The Morgan fingerprint density at radius 3 is 2.78 bits per heavy atom. The average molecular weight is 577 g/mol. The lowest BCUT2D eigenvalue weighted by Crippen LogP contribution is -2.48. The second-order valence-corrected chi connectivity index (χ2v) is 12.2. The minimum atomic E-state index is -0.893. The SMILES string of the molecule is Cn1c(=O)oc2ccc(-c3cc4ccc(CC(C#N)NC(=O)[C@@H]5CN(C(=O)OC(C)(C)C)CCCO5)cc4s3)cc21. The molecule has 2 aromatic carbocycles. The third-order valence-electron chi connectivity index (χ3n) is 6.79. The van der Waals surface area contributed by atoms with Gasteiger partial charge < -0.3 is 24.1 Å². The summed E-state index contributed by atoms with van der Waals surface area (Å²) in [6, 6.07) is 15.1. The highest BCUT2D eigenvalue weighted by molar-refractivity contribution is 7.22. The first-order chi connectivity index (χ1) is 19.5. The van der Waals surface area contributed by atoms with Gasteiger partial charge in [0.15, 0.2) is 11.7 Å². The van der Waals surface area contributed by atoms with E-state index >= 15 is 0 Å². The summed E-state index contributed by atoms with van der Waals surface area (Å²) in [6.45, 7) is 6.19. The van der Waals surface area contributed by atoms with Gasteiger partial charge in [0.05, 0.1) is 18.1 Å². The molecule has 41 heavy (non-hydrogen) atoms. The highest BCUT2D eigenvalue weighted by Crippen LogP contribution is 2.35. The number of hydrogen-bond acceptors (Lipinski definition) is 8. The van der Waals surface area contributed by atoms with E-state index in [1.807, 2.05) is 30.3 Å². The predicted molar refractivity (Wildman–Crippen MR) is 156 cm³/mol. The molecule has 1 aliphatic heterocycles. The van der Waals surface area contributed by atoms with Gasteiger partial charge in [-0.2, -0.15) is 5.26 Å². The summed E-state index contributed by atoms with van der Waals surface area (Å²) in [5, 5.41) is 13.7. The molecular formula is C30H32N4O6S. The van der Waals surface area contributed by atoms with Crippen molar-refractivity contribution in [2.45, 2.75) is 51.4 Å². The maximum atomic E-state index is 13.1. The van der Waals surface area contributed by atoms with E-state index in [1.54, 1.807) is 45.2 Å². The zero-order valence-electron chi connectivity index (χ0n) is 23.4. The van der Waals surface area contributed by atoms with Gasteiger partial charge in [0.2, 0.25) is 0 Å². The van der Waals surface area contributed by atoms with E-state index in [2.05, 4.69) is 17.5 Å². The number of aromatic nitrogens is 1. The van der Waals surface area contributed by atoms with Gasteiger partial charge in [-0.15, -0.1) is 11.3 Å². The van der Waals surface area contributed by atoms with Gasteiger partial charge >= 0.3 is 11.8 Å². The van der Waals surface area contributed by atoms with E-state index in [1.165, 1.54) is 9.47 Å². The Kier molecular flexibility index (Phi) is 7.89. The van der Waals surface area contributed by atoms with Gasteiger partial charge in [0.1, 0.15) is 11.6 Å². The highest BCUT2D eigenvalue weighted by Gasteiger charge is 2.31. The number of aryl methyl sites for hydroxylation is 1. The van der Waals surface area contributed by atoms with E-state index in [0.717, 1.165) is 31.6 Å². The molecule has 1 aliphatic rings. The van der Waals surface area contributed by atoms with E-state index in [9.17, 15) is 19.6 Å². The second kappa shape index (κ2) is 11.4. The van der Waals surface area contributed by atoms with Gasteiger partial charge in [0.25, 0.3) is 5.91 Å². The van der Waals surface area contributed by atoms with Crippen molar-refractivity contribution in [3.63, 3.8) is 0 Å². The number of nitriles is 1. The molecular weight excluding hydrogens is 544 g/mol. The standard InChI is InChI=1S/C30H32N4O6S/c1-30(2,3)40-29(37)34-10-5-11-38-24(17-34)27(35)32-21(16-31)12-18-6-7-20-15-26(41-25(20)13-18)19-8-9-23-22(14-19)33(4)28(36)39-23/h6-9,13-15,21,24H,5,10-12,17H2,1-4H3,(H,32,35)/t21?,24-/m0/s1. The summed E-state index contributed by atoms with van der Waals surface area (Å²) in [4.78, 5) is 40.0. The molecule has 0 spiro atoms. The molecule has 1 saturated heterocycles. The number of fused-ring (bicyclic) bond motifs is 2. The van der Waals surface area contributed by atoms with Gasteiger partial charge in [-0.25, -0.2) is 9.59 Å². The first kappa shape index (κ1) is 28.4. The van der Waals surface area contributed by atoms with Crippen LogP contribution >= 0.6 is 11.3 Å². The van der Waals surface area contributed by atoms with Crippen LogP contribution < -0.4 is 11.1 Å². The molecule has 2 aromatic heterocycles. The smallest absolute Gasteiger partial charge is 0.419 e. The number of carbonyl (C=O) groups is 2. The number of nitrogens with zero attached hydrogens (tertiary/aromatic N) is 3. The minimum Gasteiger partial charge on any atom is -0.444 e. The molecule has 0 bridgehead atoms. The van der Waals surface area contributed by atoms with Crippen molar-refractivity contribution < 1.29 is 23.5 Å². The van der Waals surface area contributed by atoms with Crippen molar-refractivity contribution in [3.05, 3.63) is 58.6 Å². The van der Waals surface area contributed by atoms with Crippen LogP contribution in [0.4, 0.5) is 4.79 Å². The largest absolute Gasteiger partial charge is 0.444 e. The summed E-state index contributed by atoms with van der Waals surface area (Å²) in [7, 11) is 1.68. The fourth-order valence-electron chi connectivity index (χ4n) is 4.73. The van der Waals surface area contributed by atoms with E-state index in [0.29, 0.717) is 31.6 Å². The van der Waals surface area contributed by atoms with Gasteiger partial charge in [-0.3, -0.25) is 9.36 Å². The molecule has 2 atom stereocenters. The molecule has 1 N–H and O–H groups in total. The number of nitrogens with one attached hydrogen (secondary N) is 1. The van der Waals surface area contributed by atoms with E-state index in [-0.39, 0.29) is 6.54 Å². The Morgan fingerprint density at radius 1 is 1.22 bits per heavy atom. The van der Waals surface area contributed by atoms with Crippen molar-refractivity contribution in [3.8, 4) is 16.5 Å². The number of carbonyl (C=O) groups excluding carboxylic acids is 2. The van der Waals surface area contributed by atoms with Crippen LogP contribution in [0.1, 0.15) is 32.8 Å². The van der Waals surface area contributed by atoms with Crippen molar-refractivity contribution in [2.24, 2.45) is 7.05 Å². The summed E-state index contributed by atoms with van der Waals surface area (Å²) in [5.74, 6) is -0.834. The molecule has 1 fully saturated rings. The molecule has 3 heterocycles. The van der Waals surface area contributed by atoms with Crippen LogP contribution in [0.2, 0.25) is 0 Å². The van der Waals surface area contributed by atoms with E-state index in [4.69, 9.17) is 13.9 Å². The molecule has 0 aliphatic carbocycles. The van der Waals surface area contributed by atoms with Crippen molar-refractivity contribution in [2.75, 3.05) is 19.7 Å². The molecule has 0 radical (unpaired) electrons. The molecule has 214 valence electrons. The fraction of sp³-hybridized carbons (Fsp3) is 0.400. The molecule has 2 amide bonds. The highest BCUT2D eigenvalue weighted by atomic mass is 32.1. The number of oxazole rings is 1. The Hall–Kier alpha value is -4.14. The van der Waals surface area contributed by atoms with E-state index < -0.39 is 35.5 Å². The Morgan fingerprint density at radius 2 is 2.02 bits per heavy atom. The first-order valence-electron chi connectivity index (χ1n) is 13.4. The minimum absolute atomic E-state index is 0.0571. The van der Waals surface area contributed by atoms with Gasteiger partial charge in [-0.05, 0) is 74.0 Å². The monoisotopic (exact) mass is 576 g/mol. The predicted octanol–water partition coefficient (Wildman–Crippen LogP) is 4.59. The second-order valence-electron chi connectivity index (χ2n) is 11.1. The lowest BCUT2D eigenvalue weighted by Gasteiger charge is -2.27. The average Bonchev–Trinajstić information content (AvgIpc) is 3.35. The van der Waals surface area contributed by atoms with Crippen LogP contribution in [-0.2, 0) is 27.7 Å². The fourth-order valence-corrected chi connectivity index (χ4v) is 5.85. The van der Waals surface area contributed by atoms with Crippen LogP contribution in [-0.4, -0.2) is 58.9 Å². The third kappa shape index (κ3) is 6.45. The number of amides is 2. The number of thiophene rings is 1. The van der Waals surface area contributed by atoms with Gasteiger partial charge in [0, 0.05) is 36.2 Å². The Bertz CT molecular complexity index is 1710. The normalized spacial score (nSPS) is 16.8. The zero-order chi connectivity index (χ0) is 29.3. The van der Waals surface area contributed by atoms with Crippen molar-refractivity contribution in [1.82, 2.24) is 14.8 Å². The molecule has 11 heteroatoms. The Balaban J connectivity index is 1.27. The first-order valence-corrected chi connectivity index (χ1v) is 14.2. The van der Waals surface area contributed by atoms with Crippen molar-refractivity contribution in [1.29, 1.82) is 5.26 Å². The summed E-state index contributed by atoms with van der Waals surface area (Å²) in [6.07, 6.45) is -0.483. The topological polar surface area (TPSA) is 127 Å². The van der Waals surface area contributed by atoms with Gasteiger partial charge in [-0.1, -0.05) is 12.1 Å². The quantitative estimate of drug-likeness (QED) is 0.368. The van der Waals surface area contributed by atoms with Crippen LogP contribution in [0.15, 0.2) is 51.7 Å². The molecule has 5 rings (SSSR count). The zero-order valence-corrected chi connectivity index (χ0v) is 24.2. The summed E-state index contributed by atoms with van der Waals surface area (Å²) >= 11 is 1.61. The molecule has 1 unspecified atom stereocenters. The van der Waals surface area contributed by atoms with Crippen LogP contribution in [0.25, 0.3) is 31.6 Å². The number of benzene rings is 2. The number of hydrogen-bond donors (Lipinski definition) is 1. The summed E-state index contributed by atoms with van der Waals surface area (Å²) < 4.78 is 18.9. The third-order valence-corrected chi connectivity index (χ3v) is 7.94. The summed E-state index contributed by atoms with van der Waals surface area (Å²) in [5.41, 5.74) is 2.50. The van der Waals surface area contributed by atoms with Crippen LogP contribution in [0.5, 0.6) is 0 Å². The van der Waals surface area contributed by atoms with Crippen molar-refractivity contribution >= 4 is 44.5 Å². The van der Waals surface area contributed by atoms with Crippen LogP contribution in [0, 0.1) is 11.3 Å². The Labute approximate surface area is 241 Å². The lowest BCUT2D eigenvalue weighted by atomic mass is 10.0. The molecule has 10 nitrogen and oxygen atoms in total. The number of rotatable bonds is 5. The maximum absolute atomic E-state index is 13.1. The molecule has 4 aromatic rings. The maximum Gasteiger partial charge on any atom is 0.419 e. The molecule has 0 saturated carbocycles.